The predicted molar refractivity (Wildman–Crippen MR) is 58.6 cm³/mol. The first kappa shape index (κ1) is 9.31. The third kappa shape index (κ3) is 1.66. The minimum atomic E-state index is 0.298. The van der Waals surface area contributed by atoms with E-state index in [0.29, 0.717) is 12.0 Å². The van der Waals surface area contributed by atoms with Crippen molar-refractivity contribution in [1.82, 2.24) is 10.4 Å². The fourth-order valence-corrected chi connectivity index (χ4v) is 3.10. The molecule has 3 nitrogen and oxygen atoms in total. The molecule has 3 heteroatoms. The van der Waals surface area contributed by atoms with Crippen molar-refractivity contribution < 1.29 is 0 Å². The zero-order valence-corrected chi connectivity index (χ0v) is 8.76. The van der Waals surface area contributed by atoms with E-state index in [9.17, 15) is 0 Å². The lowest BCUT2D eigenvalue weighted by atomic mass is 9.90. The van der Waals surface area contributed by atoms with E-state index in [1.165, 1.54) is 24.8 Å². The number of nitrogens with two attached hydrogens (primary N) is 1. The first-order valence-corrected chi connectivity index (χ1v) is 5.74. The number of nitrogens with zero attached hydrogens (tertiary/aromatic N) is 1. The smallest absolute Gasteiger partial charge is 0.0503 e. The van der Waals surface area contributed by atoms with Crippen LogP contribution < -0.4 is 11.3 Å². The summed E-state index contributed by atoms with van der Waals surface area (Å²) in [7, 11) is 0. The van der Waals surface area contributed by atoms with Crippen molar-refractivity contribution in [2.45, 2.75) is 25.3 Å². The Hall–Kier alpha value is -0.930. The van der Waals surface area contributed by atoms with Gasteiger partial charge in [0.15, 0.2) is 0 Å². The highest BCUT2D eigenvalue weighted by atomic mass is 15.2. The molecule has 1 heterocycles. The standard InChI is InChI=1S/C12H17N3/c13-15-12(8-2-1-3-14-7-8)11-5-9-4-10(9)6-11/h1-3,7,9-12,15H,4-6,13H2. The average molecular weight is 203 g/mol. The van der Waals surface area contributed by atoms with Gasteiger partial charge in [-0.1, -0.05) is 6.07 Å². The number of hydrogen-bond donors (Lipinski definition) is 2. The molecule has 1 aromatic heterocycles. The summed E-state index contributed by atoms with van der Waals surface area (Å²) >= 11 is 0. The lowest BCUT2D eigenvalue weighted by Crippen LogP contribution is -2.33. The zero-order valence-electron chi connectivity index (χ0n) is 8.76. The van der Waals surface area contributed by atoms with E-state index in [-0.39, 0.29) is 0 Å². The van der Waals surface area contributed by atoms with Gasteiger partial charge in [-0.2, -0.15) is 0 Å². The van der Waals surface area contributed by atoms with Gasteiger partial charge in [-0.05, 0) is 48.6 Å². The first-order chi connectivity index (χ1) is 7.38. The largest absolute Gasteiger partial charge is 0.271 e. The van der Waals surface area contributed by atoms with Crippen LogP contribution in [0.2, 0.25) is 0 Å². The van der Waals surface area contributed by atoms with Crippen LogP contribution in [0.5, 0.6) is 0 Å². The summed E-state index contributed by atoms with van der Waals surface area (Å²) in [5, 5.41) is 0. The molecule has 0 radical (unpaired) electrons. The maximum atomic E-state index is 5.67. The highest BCUT2D eigenvalue weighted by molar-refractivity contribution is 5.16. The van der Waals surface area contributed by atoms with Crippen LogP contribution in [0.3, 0.4) is 0 Å². The van der Waals surface area contributed by atoms with Gasteiger partial charge in [0.05, 0.1) is 6.04 Å². The molecule has 2 aliphatic carbocycles. The molecule has 3 unspecified atom stereocenters. The maximum absolute atomic E-state index is 5.67. The summed E-state index contributed by atoms with van der Waals surface area (Å²) in [6.45, 7) is 0. The molecule has 80 valence electrons. The number of aromatic nitrogens is 1. The average Bonchev–Trinajstić information content (AvgIpc) is 2.89. The zero-order chi connectivity index (χ0) is 10.3. The third-order valence-electron chi connectivity index (χ3n) is 3.97. The summed E-state index contributed by atoms with van der Waals surface area (Å²) in [5.41, 5.74) is 4.19. The molecular weight excluding hydrogens is 186 g/mol. The van der Waals surface area contributed by atoms with Crippen molar-refractivity contribution in [2.24, 2.45) is 23.6 Å². The Kier molecular flexibility index (Phi) is 2.22. The topological polar surface area (TPSA) is 50.9 Å². The van der Waals surface area contributed by atoms with Gasteiger partial charge in [0, 0.05) is 12.4 Å². The Bertz CT molecular complexity index is 328. The fraction of sp³-hybridized carbons (Fsp3) is 0.583. The molecule has 0 amide bonds. The van der Waals surface area contributed by atoms with Crippen LogP contribution in [0, 0.1) is 17.8 Å². The molecule has 0 spiro atoms. The Morgan fingerprint density at radius 1 is 1.33 bits per heavy atom. The minimum absolute atomic E-state index is 0.298. The molecule has 3 N–H and O–H groups in total. The van der Waals surface area contributed by atoms with Crippen LogP contribution in [0.25, 0.3) is 0 Å². The van der Waals surface area contributed by atoms with E-state index in [1.54, 1.807) is 0 Å². The molecule has 0 aliphatic heterocycles. The minimum Gasteiger partial charge on any atom is -0.271 e. The van der Waals surface area contributed by atoms with Crippen LogP contribution in [0.1, 0.15) is 30.9 Å². The highest BCUT2D eigenvalue weighted by Gasteiger charge is 2.47. The molecular formula is C12H17N3. The molecule has 15 heavy (non-hydrogen) atoms. The van der Waals surface area contributed by atoms with Gasteiger partial charge in [0.1, 0.15) is 0 Å². The van der Waals surface area contributed by atoms with Gasteiger partial charge in [-0.3, -0.25) is 16.3 Å². The first-order valence-electron chi connectivity index (χ1n) is 5.74. The van der Waals surface area contributed by atoms with E-state index in [2.05, 4.69) is 16.5 Å². The van der Waals surface area contributed by atoms with Gasteiger partial charge >= 0.3 is 0 Å². The summed E-state index contributed by atoms with van der Waals surface area (Å²) in [6.07, 6.45) is 7.88. The monoisotopic (exact) mass is 203 g/mol. The Balaban J connectivity index is 1.76. The lowest BCUT2D eigenvalue weighted by molar-refractivity contribution is 0.345. The quantitative estimate of drug-likeness (QED) is 0.580. The van der Waals surface area contributed by atoms with Gasteiger partial charge in [-0.15, -0.1) is 0 Å². The molecule has 0 aromatic carbocycles. The third-order valence-corrected chi connectivity index (χ3v) is 3.97. The van der Waals surface area contributed by atoms with Gasteiger partial charge in [0.25, 0.3) is 0 Å². The number of rotatable bonds is 3. The normalized spacial score (nSPS) is 34.9. The molecule has 1 aromatic rings. The molecule has 0 saturated heterocycles. The summed E-state index contributed by atoms with van der Waals surface area (Å²) < 4.78 is 0. The summed E-state index contributed by atoms with van der Waals surface area (Å²) in [6, 6.07) is 4.39. The fourth-order valence-electron chi connectivity index (χ4n) is 3.10. The Morgan fingerprint density at radius 2 is 2.13 bits per heavy atom. The molecule has 2 fully saturated rings. The van der Waals surface area contributed by atoms with Crippen molar-refractivity contribution in [2.75, 3.05) is 0 Å². The van der Waals surface area contributed by atoms with Crippen LogP contribution in [0.15, 0.2) is 24.5 Å². The molecule has 2 saturated carbocycles. The second kappa shape index (κ2) is 3.58. The van der Waals surface area contributed by atoms with E-state index in [0.717, 1.165) is 11.8 Å². The molecule has 3 rings (SSSR count). The van der Waals surface area contributed by atoms with E-state index in [1.807, 2.05) is 18.5 Å². The van der Waals surface area contributed by atoms with E-state index in [4.69, 9.17) is 5.84 Å². The number of nitrogens with one attached hydrogen (secondary N) is 1. The second-order valence-electron chi connectivity index (χ2n) is 4.92. The lowest BCUT2D eigenvalue weighted by Gasteiger charge is -2.23. The molecule has 2 aliphatic rings. The summed E-state index contributed by atoms with van der Waals surface area (Å²) in [4.78, 5) is 4.16. The Labute approximate surface area is 90.1 Å². The molecule has 0 bridgehead atoms. The van der Waals surface area contributed by atoms with Crippen molar-refractivity contribution >= 4 is 0 Å². The van der Waals surface area contributed by atoms with Crippen molar-refractivity contribution in [3.8, 4) is 0 Å². The number of fused-ring (bicyclic) bond motifs is 1. The SMILES string of the molecule is NNC(c1cccnc1)C1CC2CC2C1. The van der Waals surface area contributed by atoms with Crippen molar-refractivity contribution in [3.63, 3.8) is 0 Å². The van der Waals surface area contributed by atoms with Crippen LogP contribution in [-0.2, 0) is 0 Å². The van der Waals surface area contributed by atoms with Gasteiger partial charge in [0.2, 0.25) is 0 Å². The van der Waals surface area contributed by atoms with Crippen molar-refractivity contribution in [3.05, 3.63) is 30.1 Å². The number of hydrazine groups is 1. The number of hydrogen-bond acceptors (Lipinski definition) is 3. The number of pyridine rings is 1. The molecule has 3 atom stereocenters. The van der Waals surface area contributed by atoms with Crippen LogP contribution in [-0.4, -0.2) is 4.98 Å². The summed E-state index contributed by atoms with van der Waals surface area (Å²) in [5.74, 6) is 8.38. The second-order valence-corrected chi connectivity index (χ2v) is 4.92. The van der Waals surface area contributed by atoms with E-state index >= 15 is 0 Å². The van der Waals surface area contributed by atoms with Crippen LogP contribution >= 0.6 is 0 Å². The predicted octanol–water partition coefficient (Wildman–Crippen LogP) is 1.63. The van der Waals surface area contributed by atoms with Crippen molar-refractivity contribution in [1.29, 1.82) is 0 Å². The van der Waals surface area contributed by atoms with Gasteiger partial charge < -0.3 is 0 Å². The van der Waals surface area contributed by atoms with Crippen LogP contribution in [0.4, 0.5) is 0 Å². The highest BCUT2D eigenvalue weighted by Crippen LogP contribution is 2.56. The Morgan fingerprint density at radius 3 is 2.73 bits per heavy atom. The maximum Gasteiger partial charge on any atom is 0.0503 e. The van der Waals surface area contributed by atoms with E-state index < -0.39 is 0 Å². The van der Waals surface area contributed by atoms with Gasteiger partial charge in [-0.25, -0.2) is 0 Å².